The van der Waals surface area contributed by atoms with Crippen molar-refractivity contribution >= 4 is 73.6 Å². The molecule has 12 rings (SSSR count). The summed E-state index contributed by atoms with van der Waals surface area (Å²) < 4.78 is 2.52. The molecule has 9 aromatic rings. The molecule has 1 aliphatic carbocycles. The number of nitrogens with zero attached hydrogens (tertiary/aromatic N) is 3. The van der Waals surface area contributed by atoms with Crippen LogP contribution < -0.4 is 20.7 Å². The molecule has 1 aromatic heterocycles. The molecule has 3 nitrogen and oxygen atoms in total. The van der Waals surface area contributed by atoms with Crippen molar-refractivity contribution in [3.05, 3.63) is 209 Å². The predicted molar refractivity (Wildman–Crippen MR) is 297 cm³/mol. The molecule has 0 saturated carbocycles. The summed E-state index contributed by atoms with van der Waals surface area (Å²) in [6.45, 7) is 25.7. The van der Waals surface area contributed by atoms with Gasteiger partial charge in [-0.05, 0) is 133 Å². The van der Waals surface area contributed by atoms with Crippen LogP contribution in [0, 0.1) is 0 Å². The molecule has 8 aromatic carbocycles. The summed E-state index contributed by atoms with van der Waals surface area (Å²) in [6.07, 6.45) is 0. The van der Waals surface area contributed by atoms with Crippen LogP contribution in [0.15, 0.2) is 181 Å². The molecule has 0 atom stereocenters. The van der Waals surface area contributed by atoms with Crippen LogP contribution in [0.4, 0.5) is 28.4 Å². The van der Waals surface area contributed by atoms with Gasteiger partial charge in [-0.15, -0.1) is 0 Å². The standard InChI is InChI=1S/C65H62BN3/c1-62(2,3)43-29-27-41(28-30-43)42-19-17-22-47(37-42)69-57-26-18-25-56-59(57)66(61-60(69)49-23-15-16-24-52(49)65(61,10)11)53-34-33-48(40-58(53)67(56)46-20-13-12-14-21-46)68-54-35-31-44(63(4,5)6)38-50(54)51-39-45(64(7,8)9)32-36-55(51)68/h12-40H,1-11H3. The third-order valence-electron chi connectivity index (χ3n) is 15.7. The van der Waals surface area contributed by atoms with Crippen molar-refractivity contribution in [2.45, 2.75) is 97.8 Å². The second-order valence-electron chi connectivity index (χ2n) is 23.5. The Hall–Kier alpha value is -7.04. The second-order valence-corrected chi connectivity index (χ2v) is 23.5. The molecule has 0 bridgehead atoms. The lowest BCUT2D eigenvalue weighted by atomic mass is 9.30. The minimum absolute atomic E-state index is 0.0174. The number of allylic oxidation sites excluding steroid dienone is 1. The van der Waals surface area contributed by atoms with E-state index in [-0.39, 0.29) is 28.4 Å². The van der Waals surface area contributed by atoms with Crippen molar-refractivity contribution < 1.29 is 0 Å². The zero-order valence-electron chi connectivity index (χ0n) is 42.2. The van der Waals surface area contributed by atoms with Gasteiger partial charge in [0.2, 0.25) is 6.71 Å². The number of hydrogen-bond donors (Lipinski definition) is 0. The first kappa shape index (κ1) is 43.3. The van der Waals surface area contributed by atoms with Gasteiger partial charge in [-0.3, -0.25) is 0 Å². The molecule has 0 saturated heterocycles. The van der Waals surface area contributed by atoms with Crippen molar-refractivity contribution in [3.8, 4) is 16.8 Å². The van der Waals surface area contributed by atoms with Gasteiger partial charge in [-0.25, -0.2) is 0 Å². The molecule has 3 aliphatic rings. The normalized spacial score (nSPS) is 15.1. The highest BCUT2D eigenvalue weighted by atomic mass is 15.2. The fraction of sp³-hybridized carbons (Fsp3) is 0.231. The molecule has 0 spiro atoms. The van der Waals surface area contributed by atoms with Gasteiger partial charge >= 0.3 is 0 Å². The van der Waals surface area contributed by atoms with E-state index >= 15 is 0 Å². The van der Waals surface area contributed by atoms with Crippen molar-refractivity contribution in [2.24, 2.45) is 0 Å². The van der Waals surface area contributed by atoms with Crippen molar-refractivity contribution in [2.75, 3.05) is 9.80 Å². The van der Waals surface area contributed by atoms with E-state index in [2.05, 4.69) is 266 Å². The van der Waals surface area contributed by atoms with Crippen LogP contribution in [0.25, 0.3) is 44.3 Å². The molecule has 0 N–H and O–H groups in total. The van der Waals surface area contributed by atoms with Gasteiger partial charge in [0.25, 0.3) is 0 Å². The lowest BCUT2D eigenvalue weighted by Crippen LogP contribution is -2.57. The molecule has 0 unspecified atom stereocenters. The fourth-order valence-electron chi connectivity index (χ4n) is 11.9. The van der Waals surface area contributed by atoms with E-state index in [9.17, 15) is 0 Å². The van der Waals surface area contributed by atoms with Crippen molar-refractivity contribution in [1.29, 1.82) is 0 Å². The van der Waals surface area contributed by atoms with Crippen LogP contribution >= 0.6 is 0 Å². The van der Waals surface area contributed by atoms with Crippen molar-refractivity contribution in [1.82, 2.24) is 4.57 Å². The number of benzene rings is 8. The van der Waals surface area contributed by atoms with E-state index in [1.807, 2.05) is 0 Å². The van der Waals surface area contributed by atoms with Gasteiger partial charge in [0.1, 0.15) is 0 Å². The second kappa shape index (κ2) is 15.0. The SMILES string of the molecule is CC(C)(C)c1ccc(-c2cccc(N3C4=C(B5c6ccc(-n7c8ccc(C(C)(C)C)cc8c8cc(C(C)(C)C)ccc87)cc6N(c6ccccc6)c6cccc3c65)C(C)(C)c3ccccc34)c2)cc1. The van der Waals surface area contributed by atoms with Crippen LogP contribution in [0.2, 0.25) is 0 Å². The first-order valence-corrected chi connectivity index (χ1v) is 25.0. The summed E-state index contributed by atoms with van der Waals surface area (Å²) in [7, 11) is 0. The molecule has 2 aliphatic heterocycles. The lowest BCUT2D eigenvalue weighted by Gasteiger charge is -2.46. The Morgan fingerprint density at radius 3 is 1.62 bits per heavy atom. The smallest absolute Gasteiger partial charge is 0.248 e. The summed E-state index contributed by atoms with van der Waals surface area (Å²) in [5, 5.41) is 2.60. The van der Waals surface area contributed by atoms with E-state index in [1.165, 1.54) is 106 Å². The van der Waals surface area contributed by atoms with Crippen LogP contribution in [0.5, 0.6) is 0 Å². The minimum Gasteiger partial charge on any atom is -0.311 e. The Balaban J connectivity index is 1.11. The molecular weight excluding hydrogens is 834 g/mol. The fourth-order valence-corrected chi connectivity index (χ4v) is 11.9. The molecule has 3 heterocycles. The number of rotatable bonds is 4. The number of para-hydroxylation sites is 1. The Morgan fingerprint density at radius 1 is 0.420 bits per heavy atom. The maximum absolute atomic E-state index is 2.60. The number of aromatic nitrogens is 1. The van der Waals surface area contributed by atoms with Crippen LogP contribution in [0.3, 0.4) is 0 Å². The molecule has 4 heteroatoms. The molecule has 0 amide bonds. The Morgan fingerprint density at radius 2 is 0.986 bits per heavy atom. The first-order valence-electron chi connectivity index (χ1n) is 25.0. The maximum atomic E-state index is 2.60. The lowest BCUT2D eigenvalue weighted by molar-refractivity contribution is 0.590. The van der Waals surface area contributed by atoms with E-state index in [1.54, 1.807) is 0 Å². The maximum Gasteiger partial charge on any atom is 0.248 e. The topological polar surface area (TPSA) is 11.4 Å². The summed E-state index contributed by atoms with van der Waals surface area (Å²) in [5.41, 5.74) is 24.1. The molecule has 69 heavy (non-hydrogen) atoms. The number of hydrogen-bond acceptors (Lipinski definition) is 2. The van der Waals surface area contributed by atoms with E-state index in [4.69, 9.17) is 0 Å². The third-order valence-corrected chi connectivity index (χ3v) is 15.7. The number of anilines is 5. The monoisotopic (exact) mass is 896 g/mol. The Labute approximate surface area is 409 Å². The highest BCUT2D eigenvalue weighted by molar-refractivity contribution is 6.96. The first-order chi connectivity index (χ1) is 32.9. The summed E-state index contributed by atoms with van der Waals surface area (Å²) in [4.78, 5) is 5.15. The van der Waals surface area contributed by atoms with Crippen molar-refractivity contribution in [3.63, 3.8) is 0 Å². The molecule has 340 valence electrons. The van der Waals surface area contributed by atoms with E-state index < -0.39 is 0 Å². The molecular formula is C65H62BN3. The minimum atomic E-state index is -0.257. The Kier molecular flexibility index (Phi) is 9.39. The summed E-state index contributed by atoms with van der Waals surface area (Å²) in [5.74, 6) is 0. The zero-order valence-corrected chi connectivity index (χ0v) is 42.2. The average molecular weight is 896 g/mol. The Bertz CT molecular complexity index is 3510. The zero-order chi connectivity index (χ0) is 47.9. The third kappa shape index (κ3) is 6.62. The predicted octanol–water partition coefficient (Wildman–Crippen LogP) is 16.1. The number of fused-ring (bicyclic) bond motifs is 8. The van der Waals surface area contributed by atoms with Crippen LogP contribution in [-0.4, -0.2) is 11.3 Å². The van der Waals surface area contributed by atoms with Gasteiger partial charge in [-0.2, -0.15) is 0 Å². The molecule has 0 radical (unpaired) electrons. The summed E-state index contributed by atoms with van der Waals surface area (Å²) >= 11 is 0. The highest BCUT2D eigenvalue weighted by Gasteiger charge is 2.52. The van der Waals surface area contributed by atoms with Gasteiger partial charge in [-0.1, -0.05) is 185 Å². The average Bonchev–Trinajstić information content (AvgIpc) is 3.78. The van der Waals surface area contributed by atoms with Gasteiger partial charge in [0, 0.05) is 61.6 Å². The van der Waals surface area contributed by atoms with E-state index in [0.29, 0.717) is 0 Å². The van der Waals surface area contributed by atoms with Gasteiger partial charge in [0.05, 0.1) is 11.0 Å². The highest BCUT2D eigenvalue weighted by Crippen LogP contribution is 2.56. The van der Waals surface area contributed by atoms with Crippen LogP contribution in [0.1, 0.15) is 104 Å². The van der Waals surface area contributed by atoms with Crippen LogP contribution in [-0.2, 0) is 21.7 Å². The quantitative estimate of drug-likeness (QED) is 0.163. The summed E-state index contributed by atoms with van der Waals surface area (Å²) in [6, 6.07) is 67.3. The largest absolute Gasteiger partial charge is 0.311 e. The van der Waals surface area contributed by atoms with Gasteiger partial charge in [0.15, 0.2) is 0 Å². The van der Waals surface area contributed by atoms with Gasteiger partial charge < -0.3 is 14.4 Å². The van der Waals surface area contributed by atoms with E-state index in [0.717, 1.165) is 11.4 Å². The molecule has 0 fully saturated rings.